The number of carbonyl (C=O) groups excluding carboxylic acids is 2. The van der Waals surface area contributed by atoms with Crippen LogP contribution in [0.15, 0.2) is 65.6 Å². The number of anilines is 1. The van der Waals surface area contributed by atoms with Crippen molar-refractivity contribution in [3.63, 3.8) is 0 Å². The van der Waals surface area contributed by atoms with Crippen LogP contribution in [0.3, 0.4) is 0 Å². The van der Waals surface area contributed by atoms with Crippen molar-refractivity contribution in [1.29, 1.82) is 0 Å². The SMILES string of the molecule is CN(C(=O)CSc1ccc(C(N)=O)cc1[N+](=O)[O-])c1cccc2ccccc12. The standard InChI is InChI=1S/C20H17N3O4S/c1-22(16-8-4-6-13-5-2-3-7-15(13)16)19(24)12-28-18-10-9-14(20(21)25)11-17(18)23(26)27/h2-11H,12H2,1H3,(H2,21,25). The quantitative estimate of drug-likeness (QED) is 0.390. The maximum Gasteiger partial charge on any atom is 0.283 e. The molecule has 2 N–H and O–H groups in total. The summed E-state index contributed by atoms with van der Waals surface area (Å²) in [4.78, 5) is 36.5. The van der Waals surface area contributed by atoms with Gasteiger partial charge >= 0.3 is 0 Å². The fourth-order valence-corrected chi connectivity index (χ4v) is 3.73. The zero-order valence-corrected chi connectivity index (χ0v) is 15.8. The first-order valence-corrected chi connectivity index (χ1v) is 9.32. The van der Waals surface area contributed by atoms with Crippen molar-refractivity contribution in [2.24, 2.45) is 5.73 Å². The fourth-order valence-electron chi connectivity index (χ4n) is 2.81. The molecule has 2 amide bonds. The van der Waals surface area contributed by atoms with Gasteiger partial charge in [-0.3, -0.25) is 19.7 Å². The Morgan fingerprint density at radius 1 is 1.11 bits per heavy atom. The number of hydrogen-bond acceptors (Lipinski definition) is 5. The number of hydrogen-bond donors (Lipinski definition) is 1. The largest absolute Gasteiger partial charge is 0.366 e. The van der Waals surface area contributed by atoms with Crippen molar-refractivity contribution < 1.29 is 14.5 Å². The van der Waals surface area contributed by atoms with Crippen molar-refractivity contribution in [3.05, 3.63) is 76.3 Å². The number of nitrogens with two attached hydrogens (primary N) is 1. The Morgan fingerprint density at radius 3 is 2.54 bits per heavy atom. The predicted molar refractivity (Wildman–Crippen MR) is 110 cm³/mol. The predicted octanol–water partition coefficient (Wildman–Crippen LogP) is 3.60. The minimum atomic E-state index is -0.744. The summed E-state index contributed by atoms with van der Waals surface area (Å²) in [6.07, 6.45) is 0. The van der Waals surface area contributed by atoms with Crippen LogP contribution < -0.4 is 10.6 Å². The molecule has 0 fully saturated rings. The van der Waals surface area contributed by atoms with E-state index >= 15 is 0 Å². The fraction of sp³-hybridized carbons (Fsp3) is 0.100. The highest BCUT2D eigenvalue weighted by molar-refractivity contribution is 8.00. The van der Waals surface area contributed by atoms with Gasteiger partial charge in [0.05, 0.1) is 21.3 Å². The molecule has 0 aliphatic heterocycles. The third-order valence-electron chi connectivity index (χ3n) is 4.29. The van der Waals surface area contributed by atoms with E-state index in [-0.39, 0.29) is 22.9 Å². The van der Waals surface area contributed by atoms with E-state index in [1.165, 1.54) is 12.1 Å². The average molecular weight is 395 g/mol. The lowest BCUT2D eigenvalue weighted by Gasteiger charge is -2.19. The topological polar surface area (TPSA) is 107 Å². The Labute approximate surface area is 165 Å². The Bertz CT molecular complexity index is 1080. The molecule has 0 bridgehead atoms. The van der Waals surface area contributed by atoms with Crippen LogP contribution in [0.25, 0.3) is 10.8 Å². The van der Waals surface area contributed by atoms with Gasteiger partial charge in [-0.1, -0.05) is 36.4 Å². The van der Waals surface area contributed by atoms with E-state index in [9.17, 15) is 19.7 Å². The third kappa shape index (κ3) is 3.96. The van der Waals surface area contributed by atoms with Crippen LogP contribution in [0.5, 0.6) is 0 Å². The highest BCUT2D eigenvalue weighted by atomic mass is 32.2. The molecule has 0 aromatic heterocycles. The van der Waals surface area contributed by atoms with Crippen molar-refractivity contribution >= 4 is 45.7 Å². The monoisotopic (exact) mass is 395 g/mol. The van der Waals surface area contributed by atoms with Gasteiger partial charge in [-0.2, -0.15) is 0 Å². The Morgan fingerprint density at radius 2 is 1.82 bits per heavy atom. The normalized spacial score (nSPS) is 10.6. The summed E-state index contributed by atoms with van der Waals surface area (Å²) in [5.74, 6) is -0.933. The van der Waals surface area contributed by atoms with Crippen molar-refractivity contribution in [2.45, 2.75) is 4.90 Å². The second kappa shape index (κ2) is 8.10. The molecular weight excluding hydrogens is 378 g/mol. The lowest BCUT2D eigenvalue weighted by Crippen LogP contribution is -2.28. The van der Waals surface area contributed by atoms with Crippen LogP contribution in [-0.4, -0.2) is 29.5 Å². The summed E-state index contributed by atoms with van der Waals surface area (Å²) < 4.78 is 0. The van der Waals surface area contributed by atoms with E-state index < -0.39 is 10.8 Å². The highest BCUT2D eigenvalue weighted by Crippen LogP contribution is 2.31. The highest BCUT2D eigenvalue weighted by Gasteiger charge is 2.20. The average Bonchev–Trinajstić information content (AvgIpc) is 2.70. The summed E-state index contributed by atoms with van der Waals surface area (Å²) in [6.45, 7) is 0. The molecule has 0 radical (unpaired) electrons. The van der Waals surface area contributed by atoms with Crippen molar-refractivity contribution in [3.8, 4) is 0 Å². The Kier molecular flexibility index (Phi) is 5.60. The number of thioether (sulfide) groups is 1. The molecule has 142 valence electrons. The number of nitrogens with zero attached hydrogens (tertiary/aromatic N) is 2. The number of rotatable bonds is 6. The van der Waals surface area contributed by atoms with Gasteiger partial charge in [-0.15, -0.1) is 11.8 Å². The second-order valence-corrected chi connectivity index (χ2v) is 7.06. The summed E-state index contributed by atoms with van der Waals surface area (Å²) in [6, 6.07) is 17.4. The Balaban J connectivity index is 1.80. The molecule has 0 saturated carbocycles. The van der Waals surface area contributed by atoms with Crippen LogP contribution in [-0.2, 0) is 4.79 Å². The van der Waals surface area contributed by atoms with Gasteiger partial charge in [0.15, 0.2) is 0 Å². The van der Waals surface area contributed by atoms with E-state index in [2.05, 4.69) is 0 Å². The second-order valence-electron chi connectivity index (χ2n) is 6.04. The van der Waals surface area contributed by atoms with Crippen LogP contribution in [0.2, 0.25) is 0 Å². The van der Waals surface area contributed by atoms with Gasteiger partial charge in [0.2, 0.25) is 11.8 Å². The number of primary amides is 1. The van der Waals surface area contributed by atoms with Crippen molar-refractivity contribution in [1.82, 2.24) is 0 Å². The van der Waals surface area contributed by atoms with Gasteiger partial charge in [-0.05, 0) is 23.6 Å². The van der Waals surface area contributed by atoms with E-state index in [0.717, 1.165) is 34.3 Å². The molecule has 7 nitrogen and oxygen atoms in total. The molecule has 3 rings (SSSR count). The zero-order chi connectivity index (χ0) is 20.3. The number of nitro benzene ring substituents is 1. The van der Waals surface area contributed by atoms with Gasteiger partial charge in [-0.25, -0.2) is 0 Å². The zero-order valence-electron chi connectivity index (χ0n) is 15.0. The van der Waals surface area contributed by atoms with E-state index in [1.807, 2.05) is 42.5 Å². The first-order valence-electron chi connectivity index (χ1n) is 8.34. The summed E-state index contributed by atoms with van der Waals surface area (Å²) in [5, 5.41) is 13.3. The third-order valence-corrected chi connectivity index (χ3v) is 5.34. The number of amides is 2. The molecule has 3 aromatic rings. The maximum atomic E-state index is 12.7. The first kappa shape index (κ1) is 19.4. The lowest BCUT2D eigenvalue weighted by molar-refractivity contribution is -0.387. The van der Waals surface area contributed by atoms with Gasteiger partial charge in [0, 0.05) is 24.1 Å². The van der Waals surface area contributed by atoms with E-state index in [0.29, 0.717) is 4.90 Å². The molecule has 0 unspecified atom stereocenters. The summed E-state index contributed by atoms with van der Waals surface area (Å²) in [5.41, 5.74) is 5.74. The first-order chi connectivity index (χ1) is 13.4. The van der Waals surface area contributed by atoms with Crippen LogP contribution in [0.1, 0.15) is 10.4 Å². The van der Waals surface area contributed by atoms with E-state index in [4.69, 9.17) is 5.73 Å². The molecule has 3 aromatic carbocycles. The molecule has 0 spiro atoms. The number of nitro groups is 1. The molecular formula is C20H17N3O4S. The van der Waals surface area contributed by atoms with E-state index in [1.54, 1.807) is 11.9 Å². The van der Waals surface area contributed by atoms with Crippen LogP contribution in [0.4, 0.5) is 11.4 Å². The molecule has 0 heterocycles. The molecule has 8 heteroatoms. The molecule has 0 atom stereocenters. The van der Waals surface area contributed by atoms with Crippen LogP contribution >= 0.6 is 11.8 Å². The summed E-state index contributed by atoms with van der Waals surface area (Å²) >= 11 is 1.05. The minimum absolute atomic E-state index is 0.0104. The molecule has 0 aliphatic rings. The molecule has 0 aliphatic carbocycles. The van der Waals surface area contributed by atoms with Gasteiger partial charge in [0.1, 0.15) is 0 Å². The summed E-state index contributed by atoms with van der Waals surface area (Å²) in [7, 11) is 1.68. The Hall–Kier alpha value is -3.39. The minimum Gasteiger partial charge on any atom is -0.366 e. The van der Waals surface area contributed by atoms with Crippen molar-refractivity contribution in [2.75, 3.05) is 17.7 Å². The number of fused-ring (bicyclic) bond motifs is 1. The van der Waals surface area contributed by atoms with Gasteiger partial charge in [0.25, 0.3) is 5.69 Å². The molecule has 0 saturated heterocycles. The number of carbonyl (C=O) groups is 2. The van der Waals surface area contributed by atoms with Gasteiger partial charge < -0.3 is 10.6 Å². The maximum absolute atomic E-state index is 12.7. The lowest BCUT2D eigenvalue weighted by atomic mass is 10.1. The number of benzene rings is 3. The van der Waals surface area contributed by atoms with Crippen LogP contribution in [0, 0.1) is 10.1 Å². The smallest absolute Gasteiger partial charge is 0.283 e. The molecule has 28 heavy (non-hydrogen) atoms.